The van der Waals surface area contributed by atoms with Crippen molar-refractivity contribution in [2.75, 3.05) is 19.8 Å². The molecule has 0 fully saturated rings. The van der Waals surface area contributed by atoms with Crippen LogP contribution < -0.4 is 0 Å². The van der Waals surface area contributed by atoms with Crippen LogP contribution in [0.25, 0.3) is 0 Å². The van der Waals surface area contributed by atoms with Gasteiger partial charge in [-0.1, -0.05) is 13.5 Å². The second-order valence-electron chi connectivity index (χ2n) is 2.85. The molecule has 3 nitrogen and oxygen atoms in total. The molecule has 0 aliphatic carbocycles. The summed E-state index contributed by atoms with van der Waals surface area (Å²) in [5.41, 5.74) is -4.43. The Bertz CT molecular complexity index is 199. The minimum Gasteiger partial charge on any atom is -0.421 e. The van der Waals surface area contributed by atoms with Gasteiger partial charge in [0.2, 0.25) is 0 Å². The highest BCUT2D eigenvalue weighted by Gasteiger charge is 2.31. The molecule has 90 valence electrons. The standard InChI is InChI=1S/C8H14F3NO2S/c1-3-4-12(6-13)5-7(2)14-15-8(9,10)11/h13H,2-6H2,1H3. The van der Waals surface area contributed by atoms with E-state index in [1.165, 1.54) is 4.90 Å². The summed E-state index contributed by atoms with van der Waals surface area (Å²) in [6, 6.07) is 0. The summed E-state index contributed by atoms with van der Waals surface area (Å²) in [5.74, 6) is -0.0279. The van der Waals surface area contributed by atoms with E-state index in [0.717, 1.165) is 6.42 Å². The topological polar surface area (TPSA) is 32.7 Å². The second-order valence-corrected chi connectivity index (χ2v) is 3.64. The predicted molar refractivity (Wildman–Crippen MR) is 52.8 cm³/mol. The molecule has 0 bridgehead atoms. The van der Waals surface area contributed by atoms with Gasteiger partial charge in [-0.05, 0) is 6.42 Å². The van der Waals surface area contributed by atoms with Gasteiger partial charge in [0.25, 0.3) is 0 Å². The second kappa shape index (κ2) is 6.97. The van der Waals surface area contributed by atoms with Gasteiger partial charge in [-0.3, -0.25) is 4.90 Å². The van der Waals surface area contributed by atoms with Crippen LogP contribution in [0.5, 0.6) is 0 Å². The molecule has 7 heteroatoms. The van der Waals surface area contributed by atoms with Gasteiger partial charge in [-0.2, -0.15) is 13.2 Å². The van der Waals surface area contributed by atoms with E-state index in [9.17, 15) is 13.2 Å². The first-order valence-corrected chi connectivity index (χ1v) is 5.06. The summed E-state index contributed by atoms with van der Waals surface area (Å²) in [4.78, 5) is 1.53. The van der Waals surface area contributed by atoms with Crippen molar-refractivity contribution in [2.45, 2.75) is 18.9 Å². The molecule has 0 unspecified atom stereocenters. The molecule has 0 aromatic carbocycles. The Labute approximate surface area is 91.1 Å². The molecular formula is C8H14F3NO2S. The van der Waals surface area contributed by atoms with Crippen molar-refractivity contribution in [1.29, 1.82) is 0 Å². The largest absolute Gasteiger partial charge is 0.479 e. The average Bonchev–Trinajstić information content (AvgIpc) is 2.13. The fraction of sp³-hybridized carbons (Fsp3) is 0.750. The van der Waals surface area contributed by atoms with Gasteiger partial charge < -0.3 is 9.29 Å². The number of hydrogen-bond acceptors (Lipinski definition) is 4. The lowest BCUT2D eigenvalue weighted by atomic mass is 10.4. The molecule has 0 radical (unpaired) electrons. The summed E-state index contributed by atoms with van der Waals surface area (Å²) >= 11 is -0.596. The maximum absolute atomic E-state index is 11.7. The van der Waals surface area contributed by atoms with Crippen molar-refractivity contribution in [1.82, 2.24) is 4.90 Å². The zero-order valence-electron chi connectivity index (χ0n) is 8.38. The number of rotatable bonds is 7. The van der Waals surface area contributed by atoms with Crippen molar-refractivity contribution >= 4 is 12.0 Å². The van der Waals surface area contributed by atoms with Crippen LogP contribution in [-0.2, 0) is 4.18 Å². The maximum Gasteiger partial charge on any atom is 0.479 e. The molecule has 0 saturated carbocycles. The van der Waals surface area contributed by atoms with Crippen LogP contribution in [0, 0.1) is 0 Å². The molecule has 0 rings (SSSR count). The van der Waals surface area contributed by atoms with Gasteiger partial charge in [0, 0.05) is 6.54 Å². The van der Waals surface area contributed by atoms with E-state index in [-0.39, 0.29) is 19.0 Å². The normalized spacial score (nSPS) is 11.9. The Kier molecular flexibility index (Phi) is 6.78. The fourth-order valence-electron chi connectivity index (χ4n) is 0.898. The maximum atomic E-state index is 11.7. The van der Waals surface area contributed by atoms with Crippen LogP contribution in [0.1, 0.15) is 13.3 Å². The van der Waals surface area contributed by atoms with Crippen molar-refractivity contribution in [3.63, 3.8) is 0 Å². The lowest BCUT2D eigenvalue weighted by Gasteiger charge is -2.19. The first kappa shape index (κ1) is 14.6. The van der Waals surface area contributed by atoms with Crippen LogP contribution >= 0.6 is 12.0 Å². The first-order valence-electron chi connectivity index (χ1n) is 4.32. The molecule has 0 amide bonds. The summed E-state index contributed by atoms with van der Waals surface area (Å²) in [7, 11) is 0. The third kappa shape index (κ3) is 8.59. The van der Waals surface area contributed by atoms with E-state index in [4.69, 9.17) is 5.11 Å². The van der Waals surface area contributed by atoms with Gasteiger partial charge in [-0.25, -0.2) is 0 Å². The molecule has 0 heterocycles. The summed E-state index contributed by atoms with van der Waals surface area (Å²) in [6.45, 7) is 5.67. The van der Waals surface area contributed by atoms with Crippen LogP contribution in [0.4, 0.5) is 13.2 Å². The molecule has 0 atom stereocenters. The highest BCUT2D eigenvalue weighted by Crippen LogP contribution is 2.32. The van der Waals surface area contributed by atoms with Crippen molar-refractivity contribution in [3.8, 4) is 0 Å². The third-order valence-electron chi connectivity index (χ3n) is 1.39. The number of nitrogens with zero attached hydrogens (tertiary/aromatic N) is 1. The van der Waals surface area contributed by atoms with Crippen molar-refractivity contribution in [2.24, 2.45) is 0 Å². The van der Waals surface area contributed by atoms with Crippen LogP contribution in [0.3, 0.4) is 0 Å². The lowest BCUT2D eigenvalue weighted by molar-refractivity contribution is -0.0386. The van der Waals surface area contributed by atoms with E-state index in [1.54, 1.807) is 0 Å². The Hall–Kier alpha value is -0.400. The number of alkyl halides is 3. The van der Waals surface area contributed by atoms with E-state index < -0.39 is 17.6 Å². The Morgan fingerprint density at radius 2 is 2.13 bits per heavy atom. The average molecular weight is 245 g/mol. The Morgan fingerprint density at radius 3 is 2.53 bits per heavy atom. The SMILES string of the molecule is C=C(CN(CO)CCC)OSC(F)(F)F. The Balaban J connectivity index is 3.81. The molecule has 0 aromatic heterocycles. The molecule has 15 heavy (non-hydrogen) atoms. The monoisotopic (exact) mass is 245 g/mol. The molecule has 0 saturated heterocycles. The van der Waals surface area contributed by atoms with Gasteiger partial charge in [-0.15, -0.1) is 0 Å². The van der Waals surface area contributed by atoms with Gasteiger partial charge >= 0.3 is 5.51 Å². The minimum atomic E-state index is -4.43. The molecule has 0 aromatic rings. The van der Waals surface area contributed by atoms with E-state index in [1.807, 2.05) is 6.92 Å². The van der Waals surface area contributed by atoms with E-state index in [0.29, 0.717) is 6.54 Å². The number of aliphatic hydroxyl groups excluding tert-OH is 1. The zero-order valence-corrected chi connectivity index (χ0v) is 9.20. The summed E-state index contributed by atoms with van der Waals surface area (Å²) in [5, 5.41) is 8.83. The van der Waals surface area contributed by atoms with E-state index in [2.05, 4.69) is 10.8 Å². The smallest absolute Gasteiger partial charge is 0.421 e. The third-order valence-corrected chi connectivity index (χ3v) is 1.90. The number of halogens is 3. The zero-order chi connectivity index (χ0) is 11.9. The van der Waals surface area contributed by atoms with Crippen molar-refractivity contribution in [3.05, 3.63) is 12.3 Å². The van der Waals surface area contributed by atoms with Crippen LogP contribution in [0.15, 0.2) is 12.3 Å². The molecule has 0 aliphatic rings. The van der Waals surface area contributed by atoms with Gasteiger partial charge in [0.1, 0.15) is 5.76 Å². The summed E-state index contributed by atoms with van der Waals surface area (Å²) in [6.07, 6.45) is 0.792. The highest BCUT2D eigenvalue weighted by molar-refractivity contribution is 7.95. The molecule has 0 aliphatic heterocycles. The molecule has 1 N–H and O–H groups in total. The van der Waals surface area contributed by atoms with Gasteiger partial charge in [0.15, 0.2) is 12.0 Å². The minimum absolute atomic E-state index is 0.0279. The van der Waals surface area contributed by atoms with Gasteiger partial charge in [0.05, 0.1) is 13.3 Å². The Morgan fingerprint density at radius 1 is 1.53 bits per heavy atom. The summed E-state index contributed by atoms with van der Waals surface area (Å²) < 4.78 is 39.5. The van der Waals surface area contributed by atoms with E-state index >= 15 is 0 Å². The number of hydrogen-bond donors (Lipinski definition) is 1. The molecule has 0 spiro atoms. The van der Waals surface area contributed by atoms with Crippen LogP contribution in [0.2, 0.25) is 0 Å². The lowest BCUT2D eigenvalue weighted by Crippen LogP contribution is -2.28. The van der Waals surface area contributed by atoms with Crippen molar-refractivity contribution < 1.29 is 22.5 Å². The molecular weight excluding hydrogens is 231 g/mol. The predicted octanol–water partition coefficient (Wildman–Crippen LogP) is 2.35. The highest BCUT2D eigenvalue weighted by atomic mass is 32.2. The quantitative estimate of drug-likeness (QED) is 0.424. The number of aliphatic hydroxyl groups is 1. The fourth-order valence-corrected chi connectivity index (χ4v) is 1.16. The first-order chi connectivity index (χ1) is 6.89. The van der Waals surface area contributed by atoms with Crippen LogP contribution in [-0.4, -0.2) is 35.3 Å².